The van der Waals surface area contributed by atoms with Crippen LogP contribution in [0.4, 0.5) is 0 Å². The number of hydrogen-bond donors (Lipinski definition) is 0. The molecule has 0 unspecified atom stereocenters. The second-order valence-corrected chi connectivity index (χ2v) is 8.67. The summed E-state index contributed by atoms with van der Waals surface area (Å²) in [6.45, 7) is 0. The highest BCUT2D eigenvalue weighted by molar-refractivity contribution is 6.67. The first-order valence-electron chi connectivity index (χ1n) is 5.57. The maximum absolute atomic E-state index is 12.2. The predicted molar refractivity (Wildman–Crippen MR) is 78.3 cm³/mol. The molecular formula is C10H10Cl6O4. The molecule has 0 aromatic heterocycles. The summed E-state index contributed by atoms with van der Waals surface area (Å²) in [5, 5.41) is 0. The molecule has 0 aliphatic heterocycles. The highest BCUT2D eigenvalue weighted by atomic mass is 35.6. The van der Waals surface area contributed by atoms with Gasteiger partial charge in [-0.1, -0.05) is 19.3 Å². The molecule has 0 atom stereocenters. The highest BCUT2D eigenvalue weighted by Gasteiger charge is 2.53. The maximum atomic E-state index is 12.2. The molecule has 0 aromatic carbocycles. The van der Waals surface area contributed by atoms with Crippen molar-refractivity contribution in [2.45, 2.75) is 40.1 Å². The summed E-state index contributed by atoms with van der Waals surface area (Å²) in [7, 11) is 0. The number of ether oxygens (including phenoxy) is 2. The van der Waals surface area contributed by atoms with Gasteiger partial charge in [0.05, 0.1) is 0 Å². The van der Waals surface area contributed by atoms with E-state index in [1.165, 1.54) is 0 Å². The van der Waals surface area contributed by atoms with Crippen molar-refractivity contribution in [1.29, 1.82) is 0 Å². The zero-order chi connectivity index (χ0) is 15.6. The fourth-order valence-corrected chi connectivity index (χ4v) is 2.47. The highest BCUT2D eigenvalue weighted by Crippen LogP contribution is 2.43. The van der Waals surface area contributed by atoms with E-state index in [9.17, 15) is 9.59 Å². The molecule has 0 spiro atoms. The minimum Gasteiger partial charge on any atom is -0.414 e. The third-order valence-electron chi connectivity index (χ3n) is 2.91. The number of carbonyl (C=O) groups excluding carboxylic acids is 2. The van der Waals surface area contributed by atoms with Crippen LogP contribution in [-0.4, -0.2) is 19.9 Å². The van der Waals surface area contributed by atoms with E-state index in [2.05, 4.69) is 9.47 Å². The Balaban J connectivity index is 2.97. The topological polar surface area (TPSA) is 52.6 Å². The lowest BCUT2D eigenvalue weighted by Gasteiger charge is -2.34. The Labute approximate surface area is 145 Å². The lowest BCUT2D eigenvalue weighted by Crippen LogP contribution is -2.46. The molecule has 1 rings (SSSR count). The van der Waals surface area contributed by atoms with Gasteiger partial charge in [0.2, 0.25) is 0 Å². The monoisotopic (exact) mass is 404 g/mol. The number of alkyl halides is 6. The quantitative estimate of drug-likeness (QED) is 0.379. The van der Waals surface area contributed by atoms with Gasteiger partial charge in [-0.25, -0.2) is 0 Å². The molecule has 1 saturated carbocycles. The van der Waals surface area contributed by atoms with Crippen molar-refractivity contribution in [1.82, 2.24) is 0 Å². The van der Waals surface area contributed by atoms with Crippen LogP contribution in [0.5, 0.6) is 0 Å². The van der Waals surface area contributed by atoms with E-state index in [4.69, 9.17) is 69.6 Å². The molecule has 0 aromatic rings. The second-order valence-electron chi connectivity index (χ2n) is 4.31. The summed E-state index contributed by atoms with van der Waals surface area (Å²) in [4.78, 5) is 24.3. The SMILES string of the molecule is O=C(OC(Cl)(Cl)Cl)C1(C(=O)OC(Cl)(Cl)Cl)CCCCC1. The first kappa shape index (κ1) is 18.7. The third kappa shape index (κ3) is 5.47. The van der Waals surface area contributed by atoms with E-state index < -0.39 is 25.3 Å². The van der Waals surface area contributed by atoms with Crippen LogP contribution in [0.2, 0.25) is 0 Å². The first-order chi connectivity index (χ1) is 8.96. The van der Waals surface area contributed by atoms with Crippen molar-refractivity contribution in [3.8, 4) is 0 Å². The van der Waals surface area contributed by atoms with Gasteiger partial charge >= 0.3 is 19.9 Å². The maximum Gasteiger partial charge on any atom is 0.340 e. The Hall–Kier alpha value is 0.680. The molecule has 0 heterocycles. The predicted octanol–water partition coefficient (Wildman–Crippen LogP) is 4.68. The van der Waals surface area contributed by atoms with Gasteiger partial charge in [-0.3, -0.25) is 9.59 Å². The number of esters is 2. The van der Waals surface area contributed by atoms with Crippen LogP contribution in [0.3, 0.4) is 0 Å². The van der Waals surface area contributed by atoms with E-state index in [-0.39, 0.29) is 12.8 Å². The van der Waals surface area contributed by atoms with Gasteiger partial charge in [0.15, 0.2) is 5.41 Å². The van der Waals surface area contributed by atoms with Gasteiger partial charge in [0, 0.05) is 0 Å². The molecule has 0 N–H and O–H groups in total. The lowest BCUT2D eigenvalue weighted by atomic mass is 9.74. The Morgan fingerprint density at radius 1 is 0.750 bits per heavy atom. The zero-order valence-corrected chi connectivity index (χ0v) is 14.5. The van der Waals surface area contributed by atoms with E-state index in [0.717, 1.165) is 6.42 Å². The van der Waals surface area contributed by atoms with E-state index in [0.29, 0.717) is 12.8 Å². The van der Waals surface area contributed by atoms with Gasteiger partial charge in [-0.05, 0) is 82.4 Å². The minimum absolute atomic E-state index is 0.173. The molecule has 1 aliphatic carbocycles. The number of rotatable bonds is 2. The second kappa shape index (κ2) is 6.84. The van der Waals surface area contributed by atoms with E-state index >= 15 is 0 Å². The van der Waals surface area contributed by atoms with Crippen molar-refractivity contribution in [3.05, 3.63) is 0 Å². The van der Waals surface area contributed by atoms with Crippen LogP contribution < -0.4 is 0 Å². The van der Waals surface area contributed by atoms with Crippen LogP contribution in [0.25, 0.3) is 0 Å². The van der Waals surface area contributed by atoms with E-state index in [1.54, 1.807) is 0 Å². The molecule has 20 heavy (non-hydrogen) atoms. The first-order valence-corrected chi connectivity index (χ1v) is 7.83. The Morgan fingerprint density at radius 3 is 1.40 bits per heavy atom. The lowest BCUT2D eigenvalue weighted by molar-refractivity contribution is -0.176. The van der Waals surface area contributed by atoms with Crippen molar-refractivity contribution < 1.29 is 19.1 Å². The Morgan fingerprint density at radius 2 is 1.10 bits per heavy atom. The van der Waals surface area contributed by atoms with Crippen molar-refractivity contribution >= 4 is 81.5 Å². The fourth-order valence-electron chi connectivity index (χ4n) is 2.05. The minimum atomic E-state index is -2.28. The van der Waals surface area contributed by atoms with Gasteiger partial charge in [-0.15, -0.1) is 0 Å². The molecule has 1 fully saturated rings. The van der Waals surface area contributed by atoms with Crippen LogP contribution in [0.15, 0.2) is 0 Å². The standard InChI is InChI=1S/C10H10Cl6O4/c11-9(12,13)19-6(17)8(4-2-1-3-5-8)7(18)20-10(14,15)16/h1-5H2. The smallest absolute Gasteiger partial charge is 0.340 e. The fraction of sp³-hybridized carbons (Fsp3) is 0.800. The van der Waals surface area contributed by atoms with Crippen molar-refractivity contribution in [2.24, 2.45) is 5.41 Å². The average Bonchev–Trinajstić information content (AvgIpc) is 2.25. The van der Waals surface area contributed by atoms with Crippen LogP contribution in [0, 0.1) is 5.41 Å². The molecule has 10 heteroatoms. The number of hydrogen-bond acceptors (Lipinski definition) is 4. The summed E-state index contributed by atoms with van der Waals surface area (Å²) in [6.07, 6.45) is 2.40. The average molecular weight is 407 g/mol. The molecule has 116 valence electrons. The molecule has 0 radical (unpaired) electrons. The molecule has 4 nitrogen and oxygen atoms in total. The van der Waals surface area contributed by atoms with Gasteiger partial charge in [0.25, 0.3) is 0 Å². The van der Waals surface area contributed by atoms with Gasteiger partial charge in [-0.2, -0.15) is 0 Å². The largest absolute Gasteiger partial charge is 0.414 e. The Kier molecular flexibility index (Phi) is 6.41. The third-order valence-corrected chi connectivity index (χ3v) is 3.37. The summed E-state index contributed by atoms with van der Waals surface area (Å²) in [5.74, 6) is -2.01. The normalized spacial score (nSPS) is 19.3. The molecule has 0 amide bonds. The summed E-state index contributed by atoms with van der Waals surface area (Å²) < 4.78 is 4.73. The molecular weight excluding hydrogens is 397 g/mol. The van der Waals surface area contributed by atoms with Crippen LogP contribution in [-0.2, 0) is 19.1 Å². The summed E-state index contributed by atoms with van der Waals surface area (Å²) in [6, 6.07) is 0. The van der Waals surface area contributed by atoms with Crippen molar-refractivity contribution in [2.75, 3.05) is 0 Å². The summed E-state index contributed by atoms with van der Waals surface area (Å²) >= 11 is 32.4. The van der Waals surface area contributed by atoms with Crippen molar-refractivity contribution in [3.63, 3.8) is 0 Å². The van der Waals surface area contributed by atoms with Crippen LogP contribution >= 0.6 is 69.6 Å². The number of halogens is 6. The molecule has 0 saturated heterocycles. The molecule has 1 aliphatic rings. The zero-order valence-electron chi connectivity index (χ0n) is 9.94. The van der Waals surface area contributed by atoms with Crippen LogP contribution in [0.1, 0.15) is 32.1 Å². The van der Waals surface area contributed by atoms with Gasteiger partial charge in [0.1, 0.15) is 0 Å². The molecule has 0 bridgehead atoms. The van der Waals surface area contributed by atoms with E-state index in [1.807, 2.05) is 0 Å². The number of carbonyl (C=O) groups is 2. The summed E-state index contributed by atoms with van der Waals surface area (Å²) in [5.41, 5.74) is -1.62. The Bertz CT molecular complexity index is 350. The van der Waals surface area contributed by atoms with Gasteiger partial charge < -0.3 is 9.47 Å².